The van der Waals surface area contributed by atoms with Gasteiger partial charge in [-0.15, -0.1) is 0 Å². The lowest BCUT2D eigenvalue weighted by Gasteiger charge is -1.99. The van der Waals surface area contributed by atoms with Crippen LogP contribution in [-0.4, -0.2) is 27.9 Å². The first-order valence-electron chi connectivity index (χ1n) is 5.24. The quantitative estimate of drug-likeness (QED) is 0.793. The highest BCUT2D eigenvalue weighted by molar-refractivity contribution is 5.92. The molecule has 0 amide bonds. The van der Waals surface area contributed by atoms with E-state index in [9.17, 15) is 9.90 Å². The molecular weight excluding hydrogens is 220 g/mol. The van der Waals surface area contributed by atoms with E-state index in [1.54, 1.807) is 19.1 Å². The fourth-order valence-electron chi connectivity index (χ4n) is 1.48. The van der Waals surface area contributed by atoms with Crippen molar-refractivity contribution in [3.05, 3.63) is 36.0 Å². The number of nitrogens with zero attached hydrogens (tertiary/aromatic N) is 1. The van der Waals surface area contributed by atoms with Crippen LogP contribution in [0.15, 0.2) is 30.3 Å². The maximum absolute atomic E-state index is 11.5. The topological polar surface area (TPSA) is 75.2 Å². The fourth-order valence-corrected chi connectivity index (χ4v) is 1.48. The van der Waals surface area contributed by atoms with Crippen LogP contribution in [0, 0.1) is 0 Å². The fraction of sp³-hybridized carbons (Fsp3) is 0.167. The minimum Gasteiger partial charge on any atom is -0.504 e. The van der Waals surface area contributed by atoms with E-state index in [2.05, 4.69) is 10.2 Å². The lowest BCUT2D eigenvalue weighted by Crippen LogP contribution is -2.05. The van der Waals surface area contributed by atoms with Crippen molar-refractivity contribution in [1.82, 2.24) is 10.2 Å². The molecule has 0 saturated heterocycles. The average molecular weight is 232 g/mol. The van der Waals surface area contributed by atoms with Crippen molar-refractivity contribution in [3.63, 3.8) is 0 Å². The zero-order valence-electron chi connectivity index (χ0n) is 9.30. The third-order valence-electron chi connectivity index (χ3n) is 2.27. The number of aromatic nitrogens is 2. The molecule has 1 heterocycles. The number of benzene rings is 1. The Bertz CT molecular complexity index is 520. The Morgan fingerprint density at radius 1 is 1.41 bits per heavy atom. The summed E-state index contributed by atoms with van der Waals surface area (Å²) in [5.74, 6) is -0.797. The zero-order chi connectivity index (χ0) is 12.3. The summed E-state index contributed by atoms with van der Waals surface area (Å²) in [5, 5.41) is 16.3. The van der Waals surface area contributed by atoms with Gasteiger partial charge in [0.05, 0.1) is 6.61 Å². The van der Waals surface area contributed by atoms with Crippen molar-refractivity contribution >= 4 is 5.97 Å². The van der Waals surface area contributed by atoms with Crippen LogP contribution in [0.2, 0.25) is 0 Å². The Morgan fingerprint density at radius 3 is 2.76 bits per heavy atom. The third-order valence-corrected chi connectivity index (χ3v) is 2.27. The van der Waals surface area contributed by atoms with Crippen molar-refractivity contribution in [3.8, 4) is 17.0 Å². The van der Waals surface area contributed by atoms with Crippen LogP contribution in [0.3, 0.4) is 0 Å². The molecule has 0 spiro atoms. The Balaban J connectivity index is 2.37. The van der Waals surface area contributed by atoms with Crippen LogP contribution in [0.4, 0.5) is 0 Å². The van der Waals surface area contributed by atoms with Crippen molar-refractivity contribution in [1.29, 1.82) is 0 Å². The second kappa shape index (κ2) is 4.69. The molecule has 0 aliphatic rings. The number of nitrogens with one attached hydrogen (secondary N) is 1. The van der Waals surface area contributed by atoms with Gasteiger partial charge in [0, 0.05) is 5.56 Å². The van der Waals surface area contributed by atoms with Crippen LogP contribution in [-0.2, 0) is 4.74 Å². The van der Waals surface area contributed by atoms with Gasteiger partial charge >= 0.3 is 5.97 Å². The number of aromatic hydroxyl groups is 1. The Hall–Kier alpha value is -2.30. The number of hydrogen-bond acceptors (Lipinski definition) is 4. The molecule has 0 aliphatic heterocycles. The summed E-state index contributed by atoms with van der Waals surface area (Å²) in [6, 6.07) is 9.11. The summed E-state index contributed by atoms with van der Waals surface area (Å²) in [7, 11) is 0. The van der Waals surface area contributed by atoms with Gasteiger partial charge < -0.3 is 9.84 Å². The zero-order valence-corrected chi connectivity index (χ0v) is 9.30. The second-order valence-electron chi connectivity index (χ2n) is 3.38. The number of H-pyrrole nitrogens is 1. The summed E-state index contributed by atoms with van der Waals surface area (Å²) < 4.78 is 4.79. The van der Waals surface area contributed by atoms with E-state index in [4.69, 9.17) is 4.74 Å². The number of rotatable bonds is 3. The molecule has 2 N–H and O–H groups in total. The molecular formula is C12H12N2O3. The largest absolute Gasteiger partial charge is 0.504 e. The van der Waals surface area contributed by atoms with Crippen LogP contribution >= 0.6 is 0 Å². The van der Waals surface area contributed by atoms with Crippen LogP contribution in [0.1, 0.15) is 17.4 Å². The van der Waals surface area contributed by atoms with Crippen molar-refractivity contribution in [2.75, 3.05) is 6.61 Å². The molecule has 0 atom stereocenters. The molecule has 0 unspecified atom stereocenters. The average Bonchev–Trinajstić information content (AvgIpc) is 2.72. The number of carbonyl (C=O) groups is 1. The molecule has 0 bridgehead atoms. The van der Waals surface area contributed by atoms with Crippen molar-refractivity contribution in [2.45, 2.75) is 6.92 Å². The molecule has 17 heavy (non-hydrogen) atoms. The Morgan fingerprint density at radius 2 is 2.12 bits per heavy atom. The molecule has 2 aromatic rings. The van der Waals surface area contributed by atoms with E-state index in [1.165, 1.54) is 0 Å². The van der Waals surface area contributed by atoms with Gasteiger partial charge in [-0.3, -0.25) is 5.10 Å². The summed E-state index contributed by atoms with van der Waals surface area (Å²) in [4.78, 5) is 11.5. The molecule has 5 nitrogen and oxygen atoms in total. The van der Waals surface area contributed by atoms with Crippen molar-refractivity contribution < 1.29 is 14.6 Å². The monoisotopic (exact) mass is 232 g/mol. The summed E-state index contributed by atoms with van der Waals surface area (Å²) in [6.07, 6.45) is 0. The molecule has 2 rings (SSSR count). The molecule has 0 radical (unpaired) electrons. The minimum absolute atomic E-state index is 0.0225. The van der Waals surface area contributed by atoms with Gasteiger partial charge in [0.25, 0.3) is 0 Å². The summed E-state index contributed by atoms with van der Waals surface area (Å²) in [5.41, 5.74) is 1.05. The number of ether oxygens (including phenoxy) is 1. The van der Waals surface area contributed by atoms with Gasteiger partial charge in [0.15, 0.2) is 11.4 Å². The second-order valence-corrected chi connectivity index (χ2v) is 3.38. The number of hydrogen-bond donors (Lipinski definition) is 2. The molecule has 88 valence electrons. The van der Waals surface area contributed by atoms with Gasteiger partial charge in [-0.05, 0) is 6.92 Å². The lowest BCUT2D eigenvalue weighted by atomic mass is 10.1. The molecule has 0 aliphatic carbocycles. The Labute approximate surface area is 98.0 Å². The minimum atomic E-state index is -0.611. The van der Waals surface area contributed by atoms with Crippen LogP contribution < -0.4 is 0 Å². The van der Waals surface area contributed by atoms with Crippen LogP contribution in [0.5, 0.6) is 5.75 Å². The highest BCUT2D eigenvalue weighted by Gasteiger charge is 2.20. The normalized spacial score (nSPS) is 10.2. The molecule has 0 saturated carbocycles. The van der Waals surface area contributed by atoms with E-state index < -0.39 is 5.97 Å². The van der Waals surface area contributed by atoms with E-state index in [-0.39, 0.29) is 18.1 Å². The standard InChI is InChI=1S/C12H12N2O3/c1-2-17-12(16)10-11(15)9(13-14-10)8-6-4-3-5-7-8/h3-7,15H,2H2,1H3,(H,13,14). The van der Waals surface area contributed by atoms with Crippen molar-refractivity contribution in [2.24, 2.45) is 0 Å². The molecule has 1 aromatic carbocycles. The van der Waals surface area contributed by atoms with Gasteiger partial charge in [0.2, 0.25) is 0 Å². The van der Waals surface area contributed by atoms with E-state index in [0.29, 0.717) is 5.69 Å². The molecule has 0 fully saturated rings. The summed E-state index contributed by atoms with van der Waals surface area (Å²) >= 11 is 0. The lowest BCUT2D eigenvalue weighted by molar-refractivity contribution is 0.0516. The first-order valence-corrected chi connectivity index (χ1v) is 5.24. The van der Waals surface area contributed by atoms with Gasteiger partial charge in [-0.2, -0.15) is 5.10 Å². The molecule has 1 aromatic heterocycles. The van der Waals surface area contributed by atoms with E-state index in [0.717, 1.165) is 5.56 Å². The SMILES string of the molecule is CCOC(=O)c1[nH]nc(-c2ccccc2)c1O. The van der Waals surface area contributed by atoms with E-state index >= 15 is 0 Å². The Kier molecular flexibility index (Phi) is 3.09. The van der Waals surface area contributed by atoms with Gasteiger partial charge in [-0.25, -0.2) is 4.79 Å². The maximum Gasteiger partial charge on any atom is 0.360 e. The van der Waals surface area contributed by atoms with Crippen LogP contribution in [0.25, 0.3) is 11.3 Å². The first kappa shape index (κ1) is 11.2. The maximum atomic E-state index is 11.5. The number of carbonyl (C=O) groups excluding carboxylic acids is 1. The molecule has 5 heteroatoms. The summed E-state index contributed by atoms with van der Waals surface area (Å²) in [6.45, 7) is 1.95. The van der Waals surface area contributed by atoms with Gasteiger partial charge in [0.1, 0.15) is 5.69 Å². The smallest absolute Gasteiger partial charge is 0.360 e. The highest BCUT2D eigenvalue weighted by Crippen LogP contribution is 2.29. The third kappa shape index (κ3) is 2.13. The van der Waals surface area contributed by atoms with E-state index in [1.807, 2.05) is 18.2 Å². The number of esters is 1. The number of aromatic amines is 1. The predicted octanol–water partition coefficient (Wildman–Crippen LogP) is 1.96. The first-order chi connectivity index (χ1) is 8.24. The highest BCUT2D eigenvalue weighted by atomic mass is 16.5. The predicted molar refractivity (Wildman–Crippen MR) is 61.6 cm³/mol. The van der Waals surface area contributed by atoms with Gasteiger partial charge in [-0.1, -0.05) is 30.3 Å².